The van der Waals surface area contributed by atoms with Gasteiger partial charge in [-0.25, -0.2) is 4.39 Å². The Labute approximate surface area is 95.4 Å². The van der Waals surface area contributed by atoms with Crippen LogP contribution in [-0.4, -0.2) is 6.54 Å². The number of nitrogens with zero attached hydrogens (tertiary/aromatic N) is 3. The van der Waals surface area contributed by atoms with Gasteiger partial charge in [-0.05, 0) is 35.7 Å². The molecule has 3 nitrogen and oxygen atoms in total. The van der Waals surface area contributed by atoms with Gasteiger partial charge in [0, 0.05) is 15.9 Å². The lowest BCUT2D eigenvalue weighted by molar-refractivity contribution is 0.627. The van der Waals surface area contributed by atoms with E-state index in [0.29, 0.717) is 13.0 Å². The number of hydrogen-bond acceptors (Lipinski definition) is 1. The van der Waals surface area contributed by atoms with Crippen LogP contribution in [0, 0.1) is 5.82 Å². The fourth-order valence-corrected chi connectivity index (χ4v) is 1.41. The molecule has 1 aromatic carbocycles. The molecule has 0 aliphatic heterocycles. The number of halogens is 2. The van der Waals surface area contributed by atoms with E-state index < -0.39 is 0 Å². The Morgan fingerprint density at radius 1 is 1.53 bits per heavy atom. The predicted octanol–water partition coefficient (Wildman–Crippen LogP) is 4.30. The maximum Gasteiger partial charge on any atom is 0.123 e. The van der Waals surface area contributed by atoms with Gasteiger partial charge in [0.15, 0.2) is 0 Å². The zero-order valence-corrected chi connectivity index (χ0v) is 9.48. The molecule has 1 aromatic rings. The lowest BCUT2D eigenvalue weighted by Crippen LogP contribution is -1.80. The summed E-state index contributed by atoms with van der Waals surface area (Å²) in [4.78, 5) is 2.63. The van der Waals surface area contributed by atoms with Crippen LogP contribution in [0.5, 0.6) is 0 Å². The Kier molecular flexibility index (Phi) is 4.87. The van der Waals surface area contributed by atoms with Crippen LogP contribution in [-0.2, 0) is 0 Å². The van der Waals surface area contributed by atoms with Gasteiger partial charge in [-0.3, -0.25) is 0 Å². The van der Waals surface area contributed by atoms with Crippen molar-refractivity contribution >= 4 is 22.0 Å². The Morgan fingerprint density at radius 2 is 2.33 bits per heavy atom. The molecular weight excluding hydrogens is 261 g/mol. The molecule has 5 heteroatoms. The Morgan fingerprint density at radius 3 is 3.07 bits per heavy atom. The lowest BCUT2D eigenvalue weighted by atomic mass is 10.2. The molecule has 0 radical (unpaired) electrons. The van der Waals surface area contributed by atoms with Gasteiger partial charge in [-0.1, -0.05) is 33.2 Å². The van der Waals surface area contributed by atoms with E-state index in [-0.39, 0.29) is 5.82 Å². The normalized spacial score (nSPS) is 10.3. The summed E-state index contributed by atoms with van der Waals surface area (Å²) in [5.41, 5.74) is 8.81. The van der Waals surface area contributed by atoms with Crippen LogP contribution in [0.3, 0.4) is 0 Å². The summed E-state index contributed by atoms with van der Waals surface area (Å²) < 4.78 is 13.7. The van der Waals surface area contributed by atoms with E-state index in [4.69, 9.17) is 5.53 Å². The zero-order valence-electron chi connectivity index (χ0n) is 7.90. The van der Waals surface area contributed by atoms with E-state index in [1.165, 1.54) is 12.1 Å². The van der Waals surface area contributed by atoms with Gasteiger partial charge in [0.05, 0.1) is 0 Å². The molecule has 0 spiro atoms. The number of hydrogen-bond donors (Lipinski definition) is 0. The smallest absolute Gasteiger partial charge is 0.123 e. The summed E-state index contributed by atoms with van der Waals surface area (Å²) >= 11 is 3.31. The molecule has 0 aliphatic rings. The van der Waals surface area contributed by atoms with Crippen molar-refractivity contribution in [3.05, 3.63) is 50.6 Å². The zero-order chi connectivity index (χ0) is 11.1. The molecule has 0 atom stereocenters. The minimum Gasteiger partial charge on any atom is -0.207 e. The molecule has 0 aliphatic carbocycles. The second-order valence-electron chi connectivity index (χ2n) is 2.81. The maximum absolute atomic E-state index is 12.9. The van der Waals surface area contributed by atoms with Crippen molar-refractivity contribution in [3.63, 3.8) is 0 Å². The van der Waals surface area contributed by atoms with Crippen LogP contribution < -0.4 is 0 Å². The summed E-state index contributed by atoms with van der Waals surface area (Å²) in [5.74, 6) is -0.270. The number of benzene rings is 1. The molecule has 0 heterocycles. The molecule has 0 unspecified atom stereocenters. The van der Waals surface area contributed by atoms with Crippen molar-refractivity contribution in [2.24, 2.45) is 5.11 Å². The van der Waals surface area contributed by atoms with E-state index >= 15 is 0 Å². The summed E-state index contributed by atoms with van der Waals surface area (Å²) in [6.07, 6.45) is 4.28. The van der Waals surface area contributed by atoms with Crippen molar-refractivity contribution in [1.82, 2.24) is 0 Å². The lowest BCUT2D eigenvalue weighted by Gasteiger charge is -1.97. The molecule has 0 aromatic heterocycles. The van der Waals surface area contributed by atoms with Gasteiger partial charge in [0.25, 0.3) is 0 Å². The van der Waals surface area contributed by atoms with Crippen molar-refractivity contribution in [3.8, 4) is 0 Å². The van der Waals surface area contributed by atoms with E-state index in [9.17, 15) is 4.39 Å². The maximum atomic E-state index is 12.9. The molecule has 1 rings (SSSR count). The van der Waals surface area contributed by atoms with Gasteiger partial charge < -0.3 is 0 Å². The quantitative estimate of drug-likeness (QED) is 0.339. The highest BCUT2D eigenvalue weighted by molar-refractivity contribution is 9.10. The Bertz CT molecular complexity index is 411. The predicted molar refractivity (Wildman–Crippen MR) is 61.8 cm³/mol. The van der Waals surface area contributed by atoms with Crippen LogP contribution in [0.2, 0.25) is 0 Å². The van der Waals surface area contributed by atoms with E-state index in [0.717, 1.165) is 10.0 Å². The monoisotopic (exact) mass is 269 g/mol. The summed E-state index contributed by atoms with van der Waals surface area (Å²) in [6, 6.07) is 4.48. The number of rotatable bonds is 4. The van der Waals surface area contributed by atoms with Crippen molar-refractivity contribution in [1.29, 1.82) is 0 Å². The van der Waals surface area contributed by atoms with Gasteiger partial charge in [0.1, 0.15) is 5.82 Å². The first kappa shape index (κ1) is 11.8. The average Bonchev–Trinajstić information content (AvgIpc) is 2.23. The fourth-order valence-electron chi connectivity index (χ4n) is 1.03. The third-order valence-electron chi connectivity index (χ3n) is 1.71. The van der Waals surface area contributed by atoms with Crippen LogP contribution in [0.25, 0.3) is 16.5 Å². The first-order chi connectivity index (χ1) is 7.24. The van der Waals surface area contributed by atoms with Gasteiger partial charge in [-0.2, -0.15) is 0 Å². The minimum absolute atomic E-state index is 0.270. The van der Waals surface area contributed by atoms with Crippen LogP contribution in [0.1, 0.15) is 12.0 Å². The molecule has 0 N–H and O–H groups in total. The second kappa shape index (κ2) is 6.22. The SMILES string of the molecule is [N-]=[N+]=NCCC=Cc1cc(F)ccc1Br. The van der Waals surface area contributed by atoms with Crippen LogP contribution >= 0.6 is 15.9 Å². The standard InChI is InChI=1S/C10H9BrFN3/c11-10-5-4-9(12)7-8(10)3-1-2-6-14-15-13/h1,3-5,7H,2,6H2. The molecule has 0 bridgehead atoms. The first-order valence-corrected chi connectivity index (χ1v) is 5.16. The van der Waals surface area contributed by atoms with E-state index in [1.54, 1.807) is 12.1 Å². The second-order valence-corrected chi connectivity index (χ2v) is 3.67. The van der Waals surface area contributed by atoms with Crippen LogP contribution in [0.4, 0.5) is 4.39 Å². The Hall–Kier alpha value is -1.32. The highest BCUT2D eigenvalue weighted by Gasteiger charge is 1.96. The largest absolute Gasteiger partial charge is 0.207 e. The number of azide groups is 1. The highest BCUT2D eigenvalue weighted by atomic mass is 79.9. The van der Waals surface area contributed by atoms with Crippen molar-refractivity contribution < 1.29 is 4.39 Å². The van der Waals surface area contributed by atoms with Gasteiger partial charge >= 0.3 is 0 Å². The molecule has 78 valence electrons. The molecule has 0 saturated heterocycles. The Balaban J connectivity index is 2.63. The fraction of sp³-hybridized carbons (Fsp3) is 0.200. The van der Waals surface area contributed by atoms with Crippen molar-refractivity contribution in [2.75, 3.05) is 6.54 Å². The van der Waals surface area contributed by atoms with E-state index in [1.807, 2.05) is 6.08 Å². The van der Waals surface area contributed by atoms with Gasteiger partial charge in [0.2, 0.25) is 0 Å². The molecule has 0 amide bonds. The minimum atomic E-state index is -0.270. The van der Waals surface area contributed by atoms with E-state index in [2.05, 4.69) is 26.0 Å². The average molecular weight is 270 g/mol. The molecule has 0 saturated carbocycles. The summed E-state index contributed by atoms with van der Waals surface area (Å²) in [6.45, 7) is 0.417. The first-order valence-electron chi connectivity index (χ1n) is 4.36. The molecule has 0 fully saturated rings. The molecular formula is C10H9BrFN3. The van der Waals surface area contributed by atoms with Crippen LogP contribution in [0.15, 0.2) is 33.9 Å². The highest BCUT2D eigenvalue weighted by Crippen LogP contribution is 2.19. The summed E-state index contributed by atoms with van der Waals surface area (Å²) in [7, 11) is 0. The van der Waals surface area contributed by atoms with Gasteiger partial charge in [-0.15, -0.1) is 0 Å². The van der Waals surface area contributed by atoms with Crippen molar-refractivity contribution in [2.45, 2.75) is 6.42 Å². The topological polar surface area (TPSA) is 48.8 Å². The third-order valence-corrected chi connectivity index (χ3v) is 2.44. The molecule has 15 heavy (non-hydrogen) atoms. The summed E-state index contributed by atoms with van der Waals surface area (Å²) in [5, 5.41) is 3.39. The third kappa shape index (κ3) is 4.14.